The number of likely N-dealkylation sites (tertiary alicyclic amines) is 1. The predicted octanol–water partition coefficient (Wildman–Crippen LogP) is 4.34. The molecule has 0 bridgehead atoms. The molecule has 0 saturated carbocycles. The van der Waals surface area contributed by atoms with Gasteiger partial charge < -0.3 is 24.1 Å². The predicted molar refractivity (Wildman–Crippen MR) is 137 cm³/mol. The number of carbonyl (C=O) groups is 3. The molecule has 1 amide bonds. The summed E-state index contributed by atoms with van der Waals surface area (Å²) in [5, 5.41) is 9.36. The monoisotopic (exact) mass is 513 g/mol. The lowest BCUT2D eigenvalue weighted by Crippen LogP contribution is -2.41. The number of methoxy groups -OCH3 is 3. The summed E-state index contributed by atoms with van der Waals surface area (Å²) < 4.78 is 21.8. The Kier molecular flexibility index (Phi) is 9.91. The Morgan fingerprint density at radius 3 is 2.22 bits per heavy atom. The highest BCUT2D eigenvalue weighted by Crippen LogP contribution is 2.40. The van der Waals surface area contributed by atoms with Gasteiger partial charge in [-0.2, -0.15) is 0 Å². The summed E-state index contributed by atoms with van der Waals surface area (Å²) in [6.45, 7) is 3.31. The van der Waals surface area contributed by atoms with E-state index in [1.807, 2.05) is 43.3 Å². The number of rotatable bonds is 12. The van der Waals surface area contributed by atoms with Crippen molar-refractivity contribution in [3.63, 3.8) is 0 Å². The van der Waals surface area contributed by atoms with Crippen LogP contribution < -0.4 is 9.47 Å². The summed E-state index contributed by atoms with van der Waals surface area (Å²) in [4.78, 5) is 38.0. The number of amides is 1. The first-order valence-electron chi connectivity index (χ1n) is 12.3. The molecule has 1 N–H and O–H groups in total. The van der Waals surface area contributed by atoms with Crippen LogP contribution in [0.5, 0.6) is 11.5 Å². The van der Waals surface area contributed by atoms with Crippen molar-refractivity contribution in [3.8, 4) is 22.6 Å². The first-order chi connectivity index (χ1) is 17.8. The first-order valence-corrected chi connectivity index (χ1v) is 12.3. The maximum absolute atomic E-state index is 12.9. The standard InChI is InChI=1S/C28H35NO8/c1-5-37-17-19-14-24(34-2)26(25(15-19)35-3)20-10-8-18(9-11-20)13-21(27(31)36-4)16-23(30)22-7-6-12-29(22)28(32)33/h8-11,14-15,21-22H,5-7,12-13,16-17H2,1-4H3,(H,32,33)/t21-,22+/m1/s1. The van der Waals surface area contributed by atoms with Gasteiger partial charge >= 0.3 is 12.1 Å². The molecule has 1 heterocycles. The molecule has 1 aliphatic heterocycles. The van der Waals surface area contributed by atoms with Crippen LogP contribution in [0, 0.1) is 5.92 Å². The lowest BCUT2D eigenvalue weighted by atomic mass is 9.90. The molecule has 0 spiro atoms. The molecule has 2 atom stereocenters. The van der Waals surface area contributed by atoms with Crippen LogP contribution in [0.2, 0.25) is 0 Å². The molecule has 0 aliphatic carbocycles. The van der Waals surface area contributed by atoms with Crippen molar-refractivity contribution >= 4 is 17.8 Å². The second-order valence-corrected chi connectivity index (χ2v) is 8.94. The molecule has 3 rings (SSSR count). The third kappa shape index (κ3) is 6.80. The number of hydrogen-bond donors (Lipinski definition) is 1. The van der Waals surface area contributed by atoms with E-state index in [0.717, 1.165) is 27.2 Å². The lowest BCUT2D eigenvalue weighted by molar-refractivity contribution is -0.147. The molecule has 2 aromatic rings. The van der Waals surface area contributed by atoms with Gasteiger partial charge in [0, 0.05) is 19.6 Å². The van der Waals surface area contributed by atoms with Crippen molar-refractivity contribution in [2.24, 2.45) is 5.92 Å². The second-order valence-electron chi connectivity index (χ2n) is 8.94. The van der Waals surface area contributed by atoms with Crippen LogP contribution in [0.3, 0.4) is 0 Å². The molecule has 2 aromatic carbocycles. The van der Waals surface area contributed by atoms with Gasteiger partial charge in [-0.1, -0.05) is 24.3 Å². The van der Waals surface area contributed by atoms with E-state index in [1.54, 1.807) is 14.2 Å². The van der Waals surface area contributed by atoms with E-state index in [2.05, 4.69) is 0 Å². The number of carbonyl (C=O) groups excluding carboxylic acids is 2. The summed E-state index contributed by atoms with van der Waals surface area (Å²) in [5.74, 6) is -0.153. The van der Waals surface area contributed by atoms with Crippen molar-refractivity contribution < 1.29 is 38.4 Å². The number of benzene rings is 2. The minimum absolute atomic E-state index is 0.0776. The number of esters is 1. The maximum Gasteiger partial charge on any atom is 0.407 e. The quantitative estimate of drug-likeness (QED) is 0.417. The highest BCUT2D eigenvalue weighted by molar-refractivity contribution is 5.90. The van der Waals surface area contributed by atoms with Gasteiger partial charge in [0.05, 0.1) is 45.5 Å². The zero-order chi connectivity index (χ0) is 26.9. The van der Waals surface area contributed by atoms with Crippen LogP contribution in [-0.2, 0) is 32.1 Å². The van der Waals surface area contributed by atoms with Crippen molar-refractivity contribution in [2.45, 2.75) is 45.3 Å². The number of nitrogens with zero attached hydrogens (tertiary/aromatic N) is 1. The number of carboxylic acid groups (broad SMARTS) is 1. The van der Waals surface area contributed by atoms with Gasteiger partial charge in [-0.15, -0.1) is 0 Å². The van der Waals surface area contributed by atoms with Gasteiger partial charge in [-0.05, 0) is 55.0 Å². The molecular weight excluding hydrogens is 478 g/mol. The third-order valence-electron chi connectivity index (χ3n) is 6.62. The van der Waals surface area contributed by atoms with Gasteiger partial charge in [0.15, 0.2) is 5.78 Å². The third-order valence-corrected chi connectivity index (χ3v) is 6.62. The van der Waals surface area contributed by atoms with Crippen molar-refractivity contribution in [1.29, 1.82) is 0 Å². The second kappa shape index (κ2) is 13.1. The molecule has 37 heavy (non-hydrogen) atoms. The lowest BCUT2D eigenvalue weighted by Gasteiger charge is -2.22. The largest absolute Gasteiger partial charge is 0.496 e. The average molecular weight is 514 g/mol. The molecule has 0 unspecified atom stereocenters. The number of Topliss-reactive ketones (excluding diaryl/α,β-unsaturated/α-hetero) is 1. The zero-order valence-corrected chi connectivity index (χ0v) is 21.8. The molecule has 1 saturated heterocycles. The zero-order valence-electron chi connectivity index (χ0n) is 21.8. The Hall–Kier alpha value is -3.59. The van der Waals surface area contributed by atoms with E-state index in [4.69, 9.17) is 18.9 Å². The first kappa shape index (κ1) is 28.0. The van der Waals surface area contributed by atoms with Crippen molar-refractivity contribution in [1.82, 2.24) is 4.90 Å². The highest BCUT2D eigenvalue weighted by Gasteiger charge is 2.36. The topological polar surface area (TPSA) is 112 Å². The van der Waals surface area contributed by atoms with E-state index in [1.165, 1.54) is 7.11 Å². The highest BCUT2D eigenvalue weighted by atomic mass is 16.5. The van der Waals surface area contributed by atoms with E-state index < -0.39 is 24.0 Å². The number of ketones is 1. The SMILES string of the molecule is CCOCc1cc(OC)c(-c2ccc(C[C@H](CC(=O)[C@@H]3CCCN3C(=O)O)C(=O)OC)cc2)c(OC)c1. The minimum Gasteiger partial charge on any atom is -0.496 e. The maximum atomic E-state index is 12.9. The van der Waals surface area contributed by atoms with Crippen LogP contribution in [0.25, 0.3) is 11.1 Å². The van der Waals surface area contributed by atoms with Crippen LogP contribution in [0.1, 0.15) is 37.3 Å². The van der Waals surface area contributed by atoms with Gasteiger partial charge in [-0.25, -0.2) is 4.79 Å². The van der Waals surface area contributed by atoms with Crippen LogP contribution in [-0.4, -0.2) is 68.4 Å². The molecule has 9 heteroatoms. The Morgan fingerprint density at radius 2 is 1.68 bits per heavy atom. The van der Waals surface area contributed by atoms with Crippen molar-refractivity contribution in [3.05, 3.63) is 47.5 Å². The Labute approximate surface area is 217 Å². The normalized spacial score (nSPS) is 15.8. The van der Waals surface area contributed by atoms with Gasteiger partial charge in [0.2, 0.25) is 0 Å². The molecule has 200 valence electrons. The average Bonchev–Trinajstić information content (AvgIpc) is 3.41. The summed E-state index contributed by atoms with van der Waals surface area (Å²) in [6.07, 6.45) is 0.206. The Balaban J connectivity index is 1.80. The van der Waals surface area contributed by atoms with Crippen LogP contribution >= 0.6 is 0 Å². The number of hydrogen-bond acceptors (Lipinski definition) is 7. The fourth-order valence-corrected chi connectivity index (χ4v) is 4.76. The van der Waals surface area contributed by atoms with Gasteiger partial charge in [-0.3, -0.25) is 14.5 Å². The van der Waals surface area contributed by atoms with Crippen LogP contribution in [0.15, 0.2) is 36.4 Å². The smallest absolute Gasteiger partial charge is 0.407 e. The summed E-state index contributed by atoms with van der Waals surface area (Å²) >= 11 is 0. The fourth-order valence-electron chi connectivity index (χ4n) is 4.76. The fraction of sp³-hybridized carbons (Fsp3) is 0.464. The van der Waals surface area contributed by atoms with Gasteiger partial charge in [0.1, 0.15) is 11.5 Å². The molecule has 1 fully saturated rings. The summed E-state index contributed by atoms with van der Waals surface area (Å²) in [5.41, 5.74) is 3.45. The molecule has 0 radical (unpaired) electrons. The minimum atomic E-state index is -1.11. The molecule has 0 aromatic heterocycles. The van der Waals surface area contributed by atoms with Gasteiger partial charge in [0.25, 0.3) is 0 Å². The summed E-state index contributed by atoms with van der Waals surface area (Å²) in [7, 11) is 4.49. The van der Waals surface area contributed by atoms with Crippen molar-refractivity contribution in [2.75, 3.05) is 34.5 Å². The van der Waals surface area contributed by atoms with Crippen LogP contribution in [0.4, 0.5) is 4.79 Å². The number of ether oxygens (including phenoxy) is 4. The van der Waals surface area contributed by atoms with E-state index in [9.17, 15) is 19.5 Å². The Bertz CT molecular complexity index is 1070. The molecule has 1 aliphatic rings. The Morgan fingerprint density at radius 1 is 1.03 bits per heavy atom. The summed E-state index contributed by atoms with van der Waals surface area (Å²) in [6, 6.07) is 10.7. The van der Waals surface area contributed by atoms with E-state index in [0.29, 0.717) is 50.5 Å². The van der Waals surface area contributed by atoms with E-state index >= 15 is 0 Å². The molecular formula is C28H35NO8. The molecule has 9 nitrogen and oxygen atoms in total. The van der Waals surface area contributed by atoms with E-state index in [-0.39, 0.29) is 12.2 Å².